The molecule has 0 radical (unpaired) electrons. The lowest BCUT2D eigenvalue weighted by atomic mass is 10.1. The second-order valence-corrected chi connectivity index (χ2v) is 3.68. The van der Waals surface area contributed by atoms with Crippen molar-refractivity contribution in [3.63, 3.8) is 0 Å². The maximum atomic E-state index is 5.56. The lowest BCUT2D eigenvalue weighted by Gasteiger charge is -2.05. The van der Waals surface area contributed by atoms with Crippen molar-refractivity contribution in [2.75, 3.05) is 6.61 Å². The fraction of sp³-hybridized carbons (Fsp3) is 0.778. The van der Waals surface area contributed by atoms with E-state index in [1.165, 1.54) is 6.42 Å². The number of alkyl halides is 1. The normalized spacial score (nSPS) is 21.6. The summed E-state index contributed by atoms with van der Waals surface area (Å²) >= 11 is 5.56. The van der Waals surface area contributed by atoms with Gasteiger partial charge in [0, 0.05) is 13.0 Å². The number of hydrogen-bond acceptors (Lipinski definition) is 4. The van der Waals surface area contributed by atoms with Gasteiger partial charge in [-0.2, -0.15) is 4.98 Å². The Kier molecular flexibility index (Phi) is 3.37. The summed E-state index contributed by atoms with van der Waals surface area (Å²) in [5.74, 6) is 1.54. The minimum absolute atomic E-state index is 0.309. The molecule has 1 aromatic heterocycles. The highest BCUT2D eigenvalue weighted by molar-refractivity contribution is 6.16. The van der Waals surface area contributed by atoms with E-state index in [9.17, 15) is 0 Å². The van der Waals surface area contributed by atoms with E-state index in [0.717, 1.165) is 25.9 Å². The Morgan fingerprint density at radius 1 is 1.50 bits per heavy atom. The van der Waals surface area contributed by atoms with Crippen molar-refractivity contribution < 1.29 is 9.26 Å². The van der Waals surface area contributed by atoms with Crippen LogP contribution in [0.15, 0.2) is 4.52 Å². The van der Waals surface area contributed by atoms with Crippen molar-refractivity contribution in [3.05, 3.63) is 11.7 Å². The molecule has 1 unspecified atom stereocenters. The molecule has 0 spiro atoms. The van der Waals surface area contributed by atoms with Crippen molar-refractivity contribution in [2.45, 2.75) is 37.7 Å². The minimum Gasteiger partial charge on any atom is -0.378 e. The van der Waals surface area contributed by atoms with Crippen molar-refractivity contribution in [3.8, 4) is 0 Å². The third-order valence-electron chi connectivity index (χ3n) is 2.33. The molecule has 78 valence electrons. The molecule has 2 rings (SSSR count). The Morgan fingerprint density at radius 2 is 2.43 bits per heavy atom. The number of halogens is 1. The van der Waals surface area contributed by atoms with E-state index in [2.05, 4.69) is 10.1 Å². The van der Waals surface area contributed by atoms with Gasteiger partial charge in [0.1, 0.15) is 0 Å². The van der Waals surface area contributed by atoms with Crippen LogP contribution in [0.2, 0.25) is 0 Å². The van der Waals surface area contributed by atoms with E-state index in [0.29, 0.717) is 23.7 Å². The first-order valence-electron chi connectivity index (χ1n) is 4.87. The molecule has 2 heterocycles. The summed E-state index contributed by atoms with van der Waals surface area (Å²) in [5.41, 5.74) is 0. The number of hydrogen-bond donors (Lipinski definition) is 0. The molecule has 0 bridgehead atoms. The summed E-state index contributed by atoms with van der Waals surface area (Å²) in [6, 6.07) is 0. The smallest absolute Gasteiger partial charge is 0.226 e. The van der Waals surface area contributed by atoms with E-state index in [1.54, 1.807) is 0 Å². The van der Waals surface area contributed by atoms with Crippen molar-refractivity contribution >= 4 is 11.6 Å². The molecule has 1 aromatic rings. The Hall–Kier alpha value is -0.610. The maximum absolute atomic E-state index is 5.56. The van der Waals surface area contributed by atoms with Gasteiger partial charge in [-0.3, -0.25) is 0 Å². The monoisotopic (exact) mass is 216 g/mol. The van der Waals surface area contributed by atoms with E-state index in [1.807, 2.05) is 0 Å². The lowest BCUT2D eigenvalue weighted by molar-refractivity contribution is 0.102. The van der Waals surface area contributed by atoms with E-state index < -0.39 is 0 Å². The molecule has 4 nitrogen and oxygen atoms in total. The summed E-state index contributed by atoms with van der Waals surface area (Å²) in [6.45, 7) is 0.890. The number of rotatable bonds is 4. The average molecular weight is 217 g/mol. The predicted molar refractivity (Wildman–Crippen MR) is 51.2 cm³/mol. The van der Waals surface area contributed by atoms with Gasteiger partial charge in [0.05, 0.1) is 12.0 Å². The van der Waals surface area contributed by atoms with Gasteiger partial charge in [-0.1, -0.05) is 5.16 Å². The Labute approximate surface area is 87.6 Å². The molecule has 14 heavy (non-hydrogen) atoms. The SMILES string of the molecule is ClCc1noc(CCC2CCCO2)n1. The van der Waals surface area contributed by atoms with Crippen LogP contribution in [0, 0.1) is 0 Å². The highest BCUT2D eigenvalue weighted by atomic mass is 35.5. The summed E-state index contributed by atoms with van der Waals surface area (Å²) in [7, 11) is 0. The van der Waals surface area contributed by atoms with Gasteiger partial charge >= 0.3 is 0 Å². The Balaban J connectivity index is 1.79. The van der Waals surface area contributed by atoms with Crippen LogP contribution in [0.3, 0.4) is 0 Å². The van der Waals surface area contributed by atoms with E-state index >= 15 is 0 Å². The molecule has 0 saturated carbocycles. The third-order valence-corrected chi connectivity index (χ3v) is 2.57. The van der Waals surface area contributed by atoms with E-state index in [4.69, 9.17) is 20.9 Å². The molecule has 1 fully saturated rings. The van der Waals surface area contributed by atoms with Gasteiger partial charge in [-0.15, -0.1) is 11.6 Å². The molecule has 5 heteroatoms. The molecule has 1 saturated heterocycles. The second kappa shape index (κ2) is 4.75. The zero-order chi connectivity index (χ0) is 9.80. The van der Waals surface area contributed by atoms with Gasteiger partial charge in [0.25, 0.3) is 0 Å². The van der Waals surface area contributed by atoms with Crippen molar-refractivity contribution in [2.24, 2.45) is 0 Å². The molecule has 1 aliphatic heterocycles. The quantitative estimate of drug-likeness (QED) is 0.722. The van der Waals surface area contributed by atoms with Crippen LogP contribution in [0.4, 0.5) is 0 Å². The van der Waals surface area contributed by atoms with Crippen LogP contribution in [0.25, 0.3) is 0 Å². The molecule has 0 amide bonds. The predicted octanol–water partition coefficient (Wildman–Crippen LogP) is 1.92. The number of aryl methyl sites for hydroxylation is 1. The highest BCUT2D eigenvalue weighted by Gasteiger charge is 2.16. The molecule has 1 aliphatic rings. The zero-order valence-corrected chi connectivity index (χ0v) is 8.66. The number of aromatic nitrogens is 2. The summed E-state index contributed by atoms with van der Waals surface area (Å²) < 4.78 is 10.5. The van der Waals surface area contributed by atoms with Crippen LogP contribution in [0.5, 0.6) is 0 Å². The van der Waals surface area contributed by atoms with Crippen LogP contribution in [-0.2, 0) is 17.0 Å². The van der Waals surface area contributed by atoms with Gasteiger partial charge < -0.3 is 9.26 Å². The van der Waals surface area contributed by atoms with Gasteiger partial charge in [0.15, 0.2) is 5.82 Å². The fourth-order valence-electron chi connectivity index (χ4n) is 1.60. The average Bonchev–Trinajstić information content (AvgIpc) is 2.86. The molecule has 0 N–H and O–H groups in total. The van der Waals surface area contributed by atoms with Crippen molar-refractivity contribution in [1.82, 2.24) is 10.1 Å². The van der Waals surface area contributed by atoms with Gasteiger partial charge in [-0.05, 0) is 19.3 Å². The van der Waals surface area contributed by atoms with Gasteiger partial charge in [-0.25, -0.2) is 0 Å². The fourth-order valence-corrected chi connectivity index (χ4v) is 1.71. The molecule has 0 aromatic carbocycles. The number of nitrogens with zero attached hydrogens (tertiary/aromatic N) is 2. The summed E-state index contributed by atoms with van der Waals surface area (Å²) in [6.07, 6.45) is 4.44. The van der Waals surface area contributed by atoms with Crippen LogP contribution in [0.1, 0.15) is 31.0 Å². The van der Waals surface area contributed by atoms with Crippen LogP contribution < -0.4 is 0 Å². The molecular weight excluding hydrogens is 204 g/mol. The summed E-state index contributed by atoms with van der Waals surface area (Å²) in [5, 5.41) is 3.72. The minimum atomic E-state index is 0.309. The van der Waals surface area contributed by atoms with Gasteiger partial charge in [0.2, 0.25) is 5.89 Å². The zero-order valence-electron chi connectivity index (χ0n) is 7.91. The Bertz CT molecular complexity index is 284. The first-order valence-corrected chi connectivity index (χ1v) is 5.41. The second-order valence-electron chi connectivity index (χ2n) is 3.41. The third kappa shape index (κ3) is 2.45. The lowest BCUT2D eigenvalue weighted by Crippen LogP contribution is -2.06. The molecule has 1 atom stereocenters. The summed E-state index contributed by atoms with van der Waals surface area (Å²) in [4.78, 5) is 4.12. The number of ether oxygens (including phenoxy) is 1. The largest absolute Gasteiger partial charge is 0.378 e. The first-order chi connectivity index (χ1) is 6.88. The maximum Gasteiger partial charge on any atom is 0.226 e. The van der Waals surface area contributed by atoms with Crippen molar-refractivity contribution in [1.29, 1.82) is 0 Å². The Morgan fingerprint density at radius 3 is 3.07 bits per heavy atom. The topological polar surface area (TPSA) is 48.2 Å². The standard InChI is InChI=1S/C9H13ClN2O2/c10-6-8-11-9(14-12-8)4-3-7-2-1-5-13-7/h7H,1-6H2. The van der Waals surface area contributed by atoms with Crippen LogP contribution in [-0.4, -0.2) is 22.9 Å². The first kappa shape index (κ1) is 9.93. The molecule has 0 aliphatic carbocycles. The van der Waals surface area contributed by atoms with E-state index in [-0.39, 0.29) is 0 Å². The molecular formula is C9H13ClN2O2. The highest BCUT2D eigenvalue weighted by Crippen LogP contribution is 2.17. The van der Waals surface area contributed by atoms with Crippen LogP contribution >= 0.6 is 11.6 Å².